The number of aromatic nitrogens is 3. The van der Waals surface area contributed by atoms with Gasteiger partial charge in [-0.25, -0.2) is 4.68 Å². The lowest BCUT2D eigenvalue weighted by molar-refractivity contribution is 0.169. The molecule has 1 atom stereocenters. The quantitative estimate of drug-likeness (QED) is 0.890. The van der Waals surface area contributed by atoms with Crippen molar-refractivity contribution in [2.24, 2.45) is 0 Å². The Bertz CT molecular complexity index is 507. The molecule has 2 aromatic rings. The van der Waals surface area contributed by atoms with Crippen LogP contribution in [-0.4, -0.2) is 26.4 Å². The van der Waals surface area contributed by atoms with E-state index in [0.717, 1.165) is 19.5 Å². The summed E-state index contributed by atoms with van der Waals surface area (Å²) < 4.78 is 1.88. The van der Waals surface area contributed by atoms with Crippen LogP contribution in [-0.2, 0) is 6.54 Å². The van der Waals surface area contributed by atoms with Gasteiger partial charge >= 0.3 is 0 Å². The van der Waals surface area contributed by atoms with Gasteiger partial charge in [-0.1, -0.05) is 35.5 Å². The Morgan fingerprint density at radius 3 is 2.83 bits per heavy atom. The van der Waals surface area contributed by atoms with Crippen LogP contribution in [0.5, 0.6) is 0 Å². The number of rotatable bonds is 3. The number of anilines is 1. The predicted octanol–water partition coefficient (Wildman–Crippen LogP) is 1.65. The normalized spacial score (nSPS) is 20.3. The maximum Gasteiger partial charge on any atom is 0.166 e. The number of hydrogen-bond acceptors (Lipinski definition) is 4. The molecule has 0 amide bonds. The van der Waals surface area contributed by atoms with Gasteiger partial charge in [0.2, 0.25) is 0 Å². The molecule has 1 aromatic heterocycles. The van der Waals surface area contributed by atoms with Crippen molar-refractivity contribution in [3.05, 3.63) is 42.1 Å². The second kappa shape index (κ2) is 4.78. The molecule has 5 heteroatoms. The first-order valence-corrected chi connectivity index (χ1v) is 6.28. The lowest BCUT2D eigenvalue weighted by Crippen LogP contribution is -2.27. The Morgan fingerprint density at radius 2 is 2.11 bits per heavy atom. The Hall–Kier alpha value is -1.88. The third kappa shape index (κ3) is 2.22. The van der Waals surface area contributed by atoms with E-state index >= 15 is 0 Å². The standard InChI is InChI=1S/C13H17N5/c14-12-10-18(16-15-12)13-7-4-8-17(13)9-11-5-2-1-3-6-11/h1-3,5-6,10,13H,4,7-9,14H2. The van der Waals surface area contributed by atoms with Crippen molar-refractivity contribution in [1.82, 2.24) is 19.9 Å². The van der Waals surface area contributed by atoms with Crippen LogP contribution >= 0.6 is 0 Å². The molecule has 1 fully saturated rings. The molecule has 0 bridgehead atoms. The minimum Gasteiger partial charge on any atom is -0.381 e. The molecule has 2 heterocycles. The van der Waals surface area contributed by atoms with Gasteiger partial charge in [-0.05, 0) is 18.4 Å². The molecule has 0 radical (unpaired) electrons. The highest BCUT2D eigenvalue weighted by Gasteiger charge is 2.26. The van der Waals surface area contributed by atoms with Crippen molar-refractivity contribution >= 4 is 5.82 Å². The molecule has 0 spiro atoms. The third-order valence-electron chi connectivity index (χ3n) is 3.39. The number of nitrogens with two attached hydrogens (primary N) is 1. The summed E-state index contributed by atoms with van der Waals surface area (Å²) >= 11 is 0. The highest BCUT2D eigenvalue weighted by Crippen LogP contribution is 2.28. The second-order valence-corrected chi connectivity index (χ2v) is 4.70. The first kappa shape index (κ1) is 11.2. The van der Waals surface area contributed by atoms with Gasteiger partial charge in [0, 0.05) is 13.1 Å². The summed E-state index contributed by atoms with van der Waals surface area (Å²) in [5.74, 6) is 0.488. The van der Waals surface area contributed by atoms with Gasteiger partial charge in [0.25, 0.3) is 0 Å². The molecule has 0 saturated carbocycles. The van der Waals surface area contributed by atoms with Crippen LogP contribution in [0.1, 0.15) is 24.6 Å². The zero-order chi connectivity index (χ0) is 12.4. The molecular formula is C13H17N5. The Balaban J connectivity index is 1.75. The monoisotopic (exact) mass is 243 g/mol. The highest BCUT2D eigenvalue weighted by molar-refractivity contribution is 5.20. The van der Waals surface area contributed by atoms with Gasteiger partial charge < -0.3 is 5.73 Å². The van der Waals surface area contributed by atoms with Gasteiger partial charge in [0.1, 0.15) is 6.17 Å². The summed E-state index contributed by atoms with van der Waals surface area (Å²) in [5.41, 5.74) is 6.96. The fraction of sp³-hybridized carbons (Fsp3) is 0.385. The molecule has 18 heavy (non-hydrogen) atoms. The lowest BCUT2D eigenvalue weighted by atomic mass is 10.2. The van der Waals surface area contributed by atoms with Crippen LogP contribution in [0.2, 0.25) is 0 Å². The zero-order valence-electron chi connectivity index (χ0n) is 10.2. The SMILES string of the molecule is Nc1cn(C2CCCN2Cc2ccccc2)nn1. The maximum atomic E-state index is 5.63. The number of nitrogen functional groups attached to an aromatic ring is 1. The predicted molar refractivity (Wildman–Crippen MR) is 69.6 cm³/mol. The summed E-state index contributed by atoms with van der Waals surface area (Å²) in [7, 11) is 0. The van der Waals surface area contributed by atoms with Crippen LogP contribution in [0.3, 0.4) is 0 Å². The molecule has 94 valence electrons. The number of benzene rings is 1. The number of hydrogen-bond donors (Lipinski definition) is 1. The Kier molecular flexibility index (Phi) is 2.98. The van der Waals surface area contributed by atoms with Crippen molar-refractivity contribution in [3.63, 3.8) is 0 Å². The van der Waals surface area contributed by atoms with E-state index in [1.54, 1.807) is 0 Å². The van der Waals surface area contributed by atoms with E-state index in [9.17, 15) is 0 Å². The van der Waals surface area contributed by atoms with E-state index in [2.05, 4.69) is 39.5 Å². The molecule has 2 N–H and O–H groups in total. The van der Waals surface area contributed by atoms with E-state index in [4.69, 9.17) is 5.73 Å². The largest absolute Gasteiger partial charge is 0.381 e. The van der Waals surface area contributed by atoms with E-state index in [1.165, 1.54) is 12.0 Å². The first-order chi connectivity index (χ1) is 8.83. The van der Waals surface area contributed by atoms with Crippen LogP contribution in [0.25, 0.3) is 0 Å². The molecule has 3 rings (SSSR count). The molecule has 1 aromatic carbocycles. The minimum atomic E-state index is 0.287. The van der Waals surface area contributed by atoms with Crippen molar-refractivity contribution in [2.75, 3.05) is 12.3 Å². The first-order valence-electron chi connectivity index (χ1n) is 6.28. The number of likely N-dealkylation sites (tertiary alicyclic amines) is 1. The lowest BCUT2D eigenvalue weighted by Gasteiger charge is -2.24. The minimum absolute atomic E-state index is 0.287. The van der Waals surface area contributed by atoms with E-state index in [0.29, 0.717) is 5.82 Å². The van der Waals surface area contributed by atoms with E-state index in [1.807, 2.05) is 16.9 Å². The van der Waals surface area contributed by atoms with Crippen LogP contribution in [0.4, 0.5) is 5.82 Å². The zero-order valence-corrected chi connectivity index (χ0v) is 10.2. The Labute approximate surface area is 106 Å². The average Bonchev–Trinajstić information content (AvgIpc) is 2.99. The number of nitrogens with zero attached hydrogens (tertiary/aromatic N) is 4. The van der Waals surface area contributed by atoms with Gasteiger partial charge in [0.05, 0.1) is 6.20 Å². The Morgan fingerprint density at radius 1 is 1.28 bits per heavy atom. The molecule has 1 saturated heterocycles. The summed E-state index contributed by atoms with van der Waals surface area (Å²) in [6.45, 7) is 2.05. The highest BCUT2D eigenvalue weighted by atomic mass is 15.5. The fourth-order valence-corrected chi connectivity index (χ4v) is 2.55. The van der Waals surface area contributed by atoms with E-state index < -0.39 is 0 Å². The molecular weight excluding hydrogens is 226 g/mol. The maximum absolute atomic E-state index is 5.63. The third-order valence-corrected chi connectivity index (χ3v) is 3.39. The van der Waals surface area contributed by atoms with Crippen molar-refractivity contribution in [1.29, 1.82) is 0 Å². The van der Waals surface area contributed by atoms with Crippen LogP contribution in [0.15, 0.2) is 36.5 Å². The summed E-state index contributed by atoms with van der Waals surface area (Å²) in [6, 6.07) is 10.5. The summed E-state index contributed by atoms with van der Waals surface area (Å²) in [6.07, 6.45) is 4.40. The van der Waals surface area contributed by atoms with Crippen LogP contribution in [0, 0.1) is 0 Å². The van der Waals surface area contributed by atoms with Gasteiger partial charge in [-0.3, -0.25) is 4.90 Å². The van der Waals surface area contributed by atoms with Crippen LogP contribution < -0.4 is 5.73 Å². The molecule has 0 aliphatic carbocycles. The summed E-state index contributed by atoms with van der Waals surface area (Å²) in [5, 5.41) is 7.96. The van der Waals surface area contributed by atoms with Crippen molar-refractivity contribution < 1.29 is 0 Å². The molecule has 1 aliphatic heterocycles. The molecule has 5 nitrogen and oxygen atoms in total. The summed E-state index contributed by atoms with van der Waals surface area (Å²) in [4.78, 5) is 2.42. The smallest absolute Gasteiger partial charge is 0.166 e. The van der Waals surface area contributed by atoms with Gasteiger partial charge in [-0.15, -0.1) is 5.10 Å². The molecule has 1 unspecified atom stereocenters. The van der Waals surface area contributed by atoms with Crippen molar-refractivity contribution in [3.8, 4) is 0 Å². The van der Waals surface area contributed by atoms with E-state index in [-0.39, 0.29) is 6.17 Å². The van der Waals surface area contributed by atoms with Gasteiger partial charge in [0.15, 0.2) is 5.82 Å². The molecule has 1 aliphatic rings. The fourth-order valence-electron chi connectivity index (χ4n) is 2.55. The second-order valence-electron chi connectivity index (χ2n) is 4.70. The van der Waals surface area contributed by atoms with Gasteiger partial charge in [-0.2, -0.15) is 0 Å². The van der Waals surface area contributed by atoms with Crippen molar-refractivity contribution in [2.45, 2.75) is 25.6 Å². The average molecular weight is 243 g/mol. The topological polar surface area (TPSA) is 60.0 Å².